The summed E-state index contributed by atoms with van der Waals surface area (Å²) in [6.45, 7) is 0. The molecule has 0 aliphatic heterocycles. The summed E-state index contributed by atoms with van der Waals surface area (Å²) in [4.78, 5) is 20.9. The van der Waals surface area contributed by atoms with Crippen LogP contribution < -0.4 is 0 Å². The Morgan fingerprint density at radius 1 is 0.333 bits per heavy atom. The number of aromatic nitrogens is 7. The molecule has 268 valence electrons. The second kappa shape index (κ2) is 13.4. The molecular formula is C50H33N7. The fourth-order valence-corrected chi connectivity index (χ4v) is 8.09. The first-order valence-corrected chi connectivity index (χ1v) is 19.0. The zero-order valence-electron chi connectivity index (χ0n) is 30.7. The highest BCUT2D eigenvalue weighted by Crippen LogP contribution is 2.45. The van der Waals surface area contributed by atoms with Crippen LogP contribution in [0.4, 0.5) is 0 Å². The molecule has 11 rings (SSSR count). The summed E-state index contributed by atoms with van der Waals surface area (Å²) in [5.74, 6) is 2.41. The van der Waals surface area contributed by atoms with Gasteiger partial charge in [0.2, 0.25) is 0 Å². The molecule has 0 saturated heterocycles. The predicted molar refractivity (Wildman–Crippen MR) is 230 cm³/mol. The van der Waals surface area contributed by atoms with Crippen LogP contribution >= 0.6 is 0 Å². The highest BCUT2D eigenvalue weighted by Gasteiger charge is 2.27. The van der Waals surface area contributed by atoms with Gasteiger partial charge in [0, 0.05) is 57.3 Å². The summed E-state index contributed by atoms with van der Waals surface area (Å²) in [5.41, 5.74) is 13.5. The molecule has 0 bridgehead atoms. The Kier molecular flexibility index (Phi) is 7.67. The van der Waals surface area contributed by atoms with Crippen LogP contribution in [0, 0.1) is 0 Å². The molecule has 4 heterocycles. The van der Waals surface area contributed by atoms with Gasteiger partial charge in [-0.3, -0.25) is 18.7 Å². The topological polar surface area (TPSA) is 66.3 Å². The van der Waals surface area contributed by atoms with Gasteiger partial charge in [0.1, 0.15) is 17.5 Å². The first-order chi connectivity index (χ1) is 28.3. The summed E-state index contributed by atoms with van der Waals surface area (Å²) in [5, 5.41) is 0. The van der Waals surface area contributed by atoms with E-state index >= 15 is 0 Å². The molecule has 7 aromatic carbocycles. The van der Waals surface area contributed by atoms with Crippen molar-refractivity contribution in [2.45, 2.75) is 0 Å². The number of nitrogens with zero attached hydrogens (tertiary/aromatic N) is 7. The third-order valence-corrected chi connectivity index (χ3v) is 10.6. The normalized spacial score (nSPS) is 11.5. The maximum Gasteiger partial charge on any atom is 0.146 e. The van der Waals surface area contributed by atoms with Crippen molar-refractivity contribution in [2.24, 2.45) is 0 Å². The number of para-hydroxylation sites is 9. The summed E-state index contributed by atoms with van der Waals surface area (Å²) >= 11 is 0. The second-order valence-corrected chi connectivity index (χ2v) is 14.0. The molecule has 0 atom stereocenters. The molecule has 7 heteroatoms. The summed E-state index contributed by atoms with van der Waals surface area (Å²) in [6.07, 6.45) is 3.75. The van der Waals surface area contributed by atoms with Gasteiger partial charge in [0.25, 0.3) is 0 Å². The lowest BCUT2D eigenvalue weighted by atomic mass is 9.91. The van der Waals surface area contributed by atoms with Crippen molar-refractivity contribution in [1.29, 1.82) is 0 Å². The van der Waals surface area contributed by atoms with Crippen molar-refractivity contribution in [2.75, 3.05) is 0 Å². The van der Waals surface area contributed by atoms with E-state index in [1.54, 1.807) is 0 Å². The molecule has 11 aromatic rings. The number of pyridine rings is 1. The van der Waals surface area contributed by atoms with Crippen LogP contribution in [0.3, 0.4) is 0 Å². The number of hydrogen-bond donors (Lipinski definition) is 0. The third-order valence-electron chi connectivity index (χ3n) is 10.6. The monoisotopic (exact) mass is 731 g/mol. The molecule has 0 saturated carbocycles. The van der Waals surface area contributed by atoms with Gasteiger partial charge < -0.3 is 0 Å². The lowest BCUT2D eigenvalue weighted by Crippen LogP contribution is -2.04. The number of fused-ring (bicyclic) bond motifs is 3. The van der Waals surface area contributed by atoms with Crippen LogP contribution in [0.15, 0.2) is 200 Å². The molecule has 7 nitrogen and oxygen atoms in total. The smallest absolute Gasteiger partial charge is 0.146 e. The van der Waals surface area contributed by atoms with Gasteiger partial charge in [-0.1, -0.05) is 97.1 Å². The van der Waals surface area contributed by atoms with E-state index in [0.717, 1.165) is 95.5 Å². The maximum absolute atomic E-state index is 5.45. The van der Waals surface area contributed by atoms with E-state index in [-0.39, 0.29) is 0 Å². The number of rotatable bonds is 7. The average molecular weight is 732 g/mol. The molecule has 0 fully saturated rings. The molecule has 0 aliphatic carbocycles. The molecule has 0 aliphatic rings. The standard InChI is InChI=1S/C50H33N7/c1-4-18-36(19-5-1)55-44-27-13-10-24-41(44)52-48(55)35-31-39(49-53-42-25-11-14-28-45(42)56(49)37-20-6-2-7-21-37)47(34-17-16-30-51-33-34)40(32-35)50-54-43-26-12-15-29-46(43)57(50)38-22-8-3-9-23-38/h1-33H. The fraction of sp³-hybridized carbons (Fsp3) is 0. The van der Waals surface area contributed by atoms with Gasteiger partial charge in [-0.2, -0.15) is 0 Å². The quantitative estimate of drug-likeness (QED) is 0.164. The largest absolute Gasteiger partial charge is 0.292 e. The molecule has 0 amide bonds. The predicted octanol–water partition coefficient (Wildman–Crippen LogP) is 11.8. The van der Waals surface area contributed by atoms with E-state index in [0.29, 0.717) is 0 Å². The van der Waals surface area contributed by atoms with Crippen LogP contribution in [0.5, 0.6) is 0 Å². The second-order valence-electron chi connectivity index (χ2n) is 14.0. The van der Waals surface area contributed by atoms with Gasteiger partial charge in [0.15, 0.2) is 0 Å². The van der Waals surface area contributed by atoms with Gasteiger partial charge in [-0.05, 0) is 91.0 Å². The maximum atomic E-state index is 5.45. The molecular weight excluding hydrogens is 699 g/mol. The Labute approximate surface area is 328 Å². The zero-order valence-corrected chi connectivity index (χ0v) is 30.7. The summed E-state index contributed by atoms with van der Waals surface area (Å²) in [7, 11) is 0. The lowest BCUT2D eigenvalue weighted by Gasteiger charge is -2.20. The fourth-order valence-electron chi connectivity index (χ4n) is 8.09. The van der Waals surface area contributed by atoms with Crippen LogP contribution in [0.1, 0.15) is 0 Å². The van der Waals surface area contributed by atoms with E-state index in [1.165, 1.54) is 0 Å². The first-order valence-electron chi connectivity index (χ1n) is 19.0. The van der Waals surface area contributed by atoms with Crippen LogP contribution in [-0.4, -0.2) is 33.6 Å². The van der Waals surface area contributed by atoms with Crippen molar-refractivity contribution < 1.29 is 0 Å². The lowest BCUT2D eigenvalue weighted by molar-refractivity contribution is 1.09. The van der Waals surface area contributed by atoms with Crippen molar-refractivity contribution in [3.8, 4) is 62.4 Å². The Balaban J connectivity index is 1.33. The number of hydrogen-bond acceptors (Lipinski definition) is 4. The Bertz CT molecular complexity index is 3080. The minimum Gasteiger partial charge on any atom is -0.292 e. The van der Waals surface area contributed by atoms with Crippen LogP contribution in [0.2, 0.25) is 0 Å². The highest BCUT2D eigenvalue weighted by molar-refractivity contribution is 5.99. The van der Waals surface area contributed by atoms with Gasteiger partial charge in [-0.15, -0.1) is 0 Å². The van der Waals surface area contributed by atoms with Crippen molar-refractivity contribution in [3.63, 3.8) is 0 Å². The number of imidazole rings is 3. The molecule has 0 N–H and O–H groups in total. The highest BCUT2D eigenvalue weighted by atomic mass is 15.1. The first kappa shape index (κ1) is 32.5. The molecule has 57 heavy (non-hydrogen) atoms. The van der Waals surface area contributed by atoms with E-state index in [2.05, 4.69) is 164 Å². The Morgan fingerprint density at radius 3 is 1.14 bits per heavy atom. The molecule has 0 radical (unpaired) electrons. The Morgan fingerprint density at radius 2 is 0.719 bits per heavy atom. The SMILES string of the molecule is c1ccc(-n2c(-c3cc(-c4nc5ccccc5n4-c4ccccc4)c(-c4cccnc4)c(-c4nc5ccccc5n4-c4ccccc4)c3)nc3ccccc32)cc1. The van der Waals surface area contributed by atoms with Crippen LogP contribution in [0.25, 0.3) is 95.5 Å². The van der Waals surface area contributed by atoms with Crippen molar-refractivity contribution in [1.82, 2.24) is 33.6 Å². The van der Waals surface area contributed by atoms with E-state index in [1.807, 2.05) is 54.9 Å². The molecule has 0 unspecified atom stereocenters. The third kappa shape index (κ3) is 5.44. The number of benzene rings is 7. The minimum absolute atomic E-state index is 0.800. The summed E-state index contributed by atoms with van der Waals surface area (Å²) < 4.78 is 6.78. The van der Waals surface area contributed by atoms with E-state index in [9.17, 15) is 0 Å². The zero-order chi connectivity index (χ0) is 37.7. The van der Waals surface area contributed by atoms with Crippen molar-refractivity contribution >= 4 is 33.1 Å². The Hall–Kier alpha value is -7.90. The minimum atomic E-state index is 0.800. The van der Waals surface area contributed by atoms with E-state index < -0.39 is 0 Å². The average Bonchev–Trinajstić information content (AvgIpc) is 3.99. The van der Waals surface area contributed by atoms with Gasteiger partial charge in [-0.25, -0.2) is 15.0 Å². The van der Waals surface area contributed by atoms with Gasteiger partial charge >= 0.3 is 0 Å². The van der Waals surface area contributed by atoms with E-state index in [4.69, 9.17) is 15.0 Å². The van der Waals surface area contributed by atoms with Crippen LogP contribution in [-0.2, 0) is 0 Å². The van der Waals surface area contributed by atoms with Crippen molar-refractivity contribution in [3.05, 3.63) is 200 Å². The molecule has 4 aromatic heterocycles. The van der Waals surface area contributed by atoms with Gasteiger partial charge in [0.05, 0.1) is 33.1 Å². The summed E-state index contributed by atoms with van der Waals surface area (Å²) in [6, 6.07) is 65.0. The molecule has 0 spiro atoms.